The molecule has 0 bridgehead atoms. The van der Waals surface area contributed by atoms with Crippen molar-refractivity contribution >= 4 is 96.5 Å². The summed E-state index contributed by atoms with van der Waals surface area (Å²) in [5.74, 6) is 0. The van der Waals surface area contributed by atoms with Crippen LogP contribution in [0, 0.1) is 0 Å². The Balaban J connectivity index is 1.14. The first-order chi connectivity index (χ1) is 23.8. The van der Waals surface area contributed by atoms with E-state index in [1.165, 1.54) is 91.6 Å². The largest absolute Gasteiger partial charge is 0.309 e. The fraction of sp³-hybridized carbons (Fsp3) is 0. The van der Waals surface area contributed by atoms with Gasteiger partial charge >= 0.3 is 0 Å². The SMILES string of the molecule is c1ccc2cc(-n3c4ccccc4c4ccc(-c5cnc6sc7cc8c9ccccc9c9ccccc9c8cc7c6c5)cc43)ccc2c1. The summed E-state index contributed by atoms with van der Waals surface area (Å²) in [6, 6.07) is 55.7. The van der Waals surface area contributed by atoms with E-state index >= 15 is 0 Å². The van der Waals surface area contributed by atoms with Gasteiger partial charge in [0.1, 0.15) is 4.83 Å². The molecular formula is C45H26N2S. The van der Waals surface area contributed by atoms with Crippen LogP contribution >= 0.6 is 11.3 Å². The number of nitrogens with zero attached hydrogens (tertiary/aromatic N) is 2. The fourth-order valence-corrected chi connectivity index (χ4v) is 9.01. The summed E-state index contributed by atoms with van der Waals surface area (Å²) in [4.78, 5) is 6.13. The molecule has 0 aliphatic rings. The molecule has 3 heterocycles. The maximum atomic E-state index is 5.06. The van der Waals surface area contributed by atoms with Gasteiger partial charge in [0.2, 0.25) is 0 Å². The van der Waals surface area contributed by atoms with Crippen LogP contribution in [-0.2, 0) is 0 Å². The minimum atomic E-state index is 1.07. The molecule has 0 radical (unpaired) electrons. The number of hydrogen-bond donors (Lipinski definition) is 0. The third kappa shape index (κ3) is 3.65. The highest BCUT2D eigenvalue weighted by molar-refractivity contribution is 7.25. The Hall–Kier alpha value is -6.03. The summed E-state index contributed by atoms with van der Waals surface area (Å²) in [6.07, 6.45) is 2.05. The highest BCUT2D eigenvalue weighted by Crippen LogP contribution is 2.43. The van der Waals surface area contributed by atoms with E-state index in [2.05, 4.69) is 156 Å². The monoisotopic (exact) mass is 626 g/mol. The van der Waals surface area contributed by atoms with Crippen LogP contribution in [0.3, 0.4) is 0 Å². The summed E-state index contributed by atoms with van der Waals surface area (Å²) in [5, 5.41) is 15.3. The maximum Gasteiger partial charge on any atom is 0.124 e. The van der Waals surface area contributed by atoms with Crippen LogP contribution < -0.4 is 0 Å². The summed E-state index contributed by atoms with van der Waals surface area (Å²) >= 11 is 1.79. The normalized spacial score (nSPS) is 12.2. The average Bonchev–Trinajstić information content (AvgIpc) is 3.68. The van der Waals surface area contributed by atoms with Gasteiger partial charge in [-0.3, -0.25) is 0 Å². The number of para-hydroxylation sites is 1. The smallest absolute Gasteiger partial charge is 0.124 e. The zero-order chi connectivity index (χ0) is 31.3. The Bertz CT molecular complexity index is 3130. The summed E-state index contributed by atoms with van der Waals surface area (Å²) in [5.41, 5.74) is 5.87. The molecule has 11 aromatic rings. The van der Waals surface area contributed by atoms with Crippen LogP contribution in [0.5, 0.6) is 0 Å². The van der Waals surface area contributed by atoms with Crippen LogP contribution in [0.1, 0.15) is 0 Å². The van der Waals surface area contributed by atoms with Crippen molar-refractivity contribution in [1.29, 1.82) is 0 Å². The molecule has 0 unspecified atom stereocenters. The lowest BCUT2D eigenvalue weighted by Gasteiger charge is -2.11. The average molecular weight is 627 g/mol. The van der Waals surface area contributed by atoms with Gasteiger partial charge in [0.15, 0.2) is 0 Å². The Kier molecular flexibility index (Phi) is 5.29. The van der Waals surface area contributed by atoms with Crippen molar-refractivity contribution in [2.75, 3.05) is 0 Å². The molecule has 0 aliphatic carbocycles. The summed E-state index contributed by atoms with van der Waals surface area (Å²) < 4.78 is 3.68. The van der Waals surface area contributed by atoms with E-state index in [-0.39, 0.29) is 0 Å². The molecule has 48 heavy (non-hydrogen) atoms. The van der Waals surface area contributed by atoms with Crippen molar-refractivity contribution in [1.82, 2.24) is 9.55 Å². The molecular weight excluding hydrogens is 601 g/mol. The van der Waals surface area contributed by atoms with Crippen LogP contribution in [0.15, 0.2) is 158 Å². The van der Waals surface area contributed by atoms with Gasteiger partial charge in [0, 0.05) is 43.7 Å². The lowest BCUT2D eigenvalue weighted by atomic mass is 9.93. The number of hydrogen-bond acceptors (Lipinski definition) is 2. The number of pyridine rings is 1. The van der Waals surface area contributed by atoms with Crippen molar-refractivity contribution in [3.05, 3.63) is 158 Å². The quantitative estimate of drug-likeness (QED) is 0.175. The Morgan fingerprint density at radius 3 is 1.83 bits per heavy atom. The van der Waals surface area contributed by atoms with Gasteiger partial charge in [-0.2, -0.15) is 0 Å². The zero-order valence-electron chi connectivity index (χ0n) is 25.8. The summed E-state index contributed by atoms with van der Waals surface area (Å²) in [6.45, 7) is 0. The second-order valence-electron chi connectivity index (χ2n) is 12.8. The molecule has 0 amide bonds. The number of rotatable bonds is 2. The molecule has 0 atom stereocenters. The molecule has 11 rings (SSSR count). The second-order valence-corrected chi connectivity index (χ2v) is 13.8. The number of fused-ring (bicyclic) bond motifs is 13. The lowest BCUT2D eigenvalue weighted by molar-refractivity contribution is 1.19. The molecule has 0 N–H and O–H groups in total. The minimum absolute atomic E-state index is 1.07. The van der Waals surface area contributed by atoms with Gasteiger partial charge < -0.3 is 4.57 Å². The third-order valence-corrected chi connectivity index (χ3v) is 11.3. The predicted molar refractivity (Wildman–Crippen MR) is 207 cm³/mol. The number of aromatic nitrogens is 2. The molecule has 0 aliphatic heterocycles. The first-order valence-corrected chi connectivity index (χ1v) is 17.2. The Labute approximate surface area is 279 Å². The molecule has 3 aromatic heterocycles. The van der Waals surface area contributed by atoms with Gasteiger partial charge in [0.05, 0.1) is 11.0 Å². The van der Waals surface area contributed by atoms with Crippen molar-refractivity contribution in [3.63, 3.8) is 0 Å². The molecule has 0 fully saturated rings. The first-order valence-electron chi connectivity index (χ1n) is 16.4. The second kappa shape index (κ2) is 9.74. The molecule has 0 saturated heterocycles. The minimum Gasteiger partial charge on any atom is -0.309 e. The van der Waals surface area contributed by atoms with E-state index in [1.54, 1.807) is 11.3 Å². The van der Waals surface area contributed by atoms with E-state index in [9.17, 15) is 0 Å². The molecule has 3 heteroatoms. The van der Waals surface area contributed by atoms with Gasteiger partial charge in [-0.25, -0.2) is 4.98 Å². The summed E-state index contributed by atoms with van der Waals surface area (Å²) in [7, 11) is 0. The lowest BCUT2D eigenvalue weighted by Crippen LogP contribution is -1.94. The fourth-order valence-electron chi connectivity index (χ4n) is 7.96. The van der Waals surface area contributed by atoms with Crippen LogP contribution in [0.25, 0.3) is 102 Å². The van der Waals surface area contributed by atoms with Gasteiger partial charge in [0.25, 0.3) is 0 Å². The number of thiophene rings is 1. The topological polar surface area (TPSA) is 17.8 Å². The molecule has 0 saturated carbocycles. The van der Waals surface area contributed by atoms with E-state index in [1.807, 2.05) is 6.20 Å². The third-order valence-electron chi connectivity index (χ3n) is 10.2. The zero-order valence-corrected chi connectivity index (χ0v) is 26.6. The number of benzene rings is 8. The van der Waals surface area contributed by atoms with Crippen LogP contribution in [-0.4, -0.2) is 9.55 Å². The Morgan fingerprint density at radius 2 is 1.04 bits per heavy atom. The predicted octanol–water partition coefficient (Wildman–Crippen LogP) is 12.8. The van der Waals surface area contributed by atoms with Crippen LogP contribution in [0.2, 0.25) is 0 Å². The maximum absolute atomic E-state index is 5.06. The molecule has 222 valence electrons. The molecule has 2 nitrogen and oxygen atoms in total. The van der Waals surface area contributed by atoms with Gasteiger partial charge in [-0.15, -0.1) is 11.3 Å². The Morgan fingerprint density at radius 1 is 0.396 bits per heavy atom. The standard InChI is InChI=1S/C45H26N2S/c1-2-10-28-21-31(19-17-27(28)9-1)47-42-16-8-7-15-36(42)37-20-18-29(23-43(37)47)30-22-41-40-24-38-34-13-5-3-11-32(34)33-12-4-6-14-35(33)39(38)25-44(40)48-45(41)46-26-30/h1-26H. The van der Waals surface area contributed by atoms with E-state index in [4.69, 9.17) is 4.98 Å². The first kappa shape index (κ1) is 26.1. The highest BCUT2D eigenvalue weighted by Gasteiger charge is 2.16. The van der Waals surface area contributed by atoms with Crippen molar-refractivity contribution < 1.29 is 0 Å². The highest BCUT2D eigenvalue weighted by atomic mass is 32.1. The van der Waals surface area contributed by atoms with E-state index in [0.29, 0.717) is 0 Å². The molecule has 0 spiro atoms. The van der Waals surface area contributed by atoms with Gasteiger partial charge in [-0.1, -0.05) is 109 Å². The van der Waals surface area contributed by atoms with Gasteiger partial charge in [-0.05, 0) is 91.1 Å². The van der Waals surface area contributed by atoms with E-state index in [0.717, 1.165) is 10.4 Å². The van der Waals surface area contributed by atoms with Crippen molar-refractivity contribution in [3.8, 4) is 16.8 Å². The van der Waals surface area contributed by atoms with Crippen molar-refractivity contribution in [2.24, 2.45) is 0 Å². The van der Waals surface area contributed by atoms with E-state index < -0.39 is 0 Å². The molecule has 8 aromatic carbocycles. The van der Waals surface area contributed by atoms with Crippen molar-refractivity contribution in [2.45, 2.75) is 0 Å². The van der Waals surface area contributed by atoms with Crippen LogP contribution in [0.4, 0.5) is 0 Å².